The highest BCUT2D eigenvalue weighted by Gasteiger charge is 2.11. The molecule has 0 unspecified atom stereocenters. The third-order valence-corrected chi connectivity index (χ3v) is 2.77. The van der Waals surface area contributed by atoms with Crippen LogP contribution in [0.5, 0.6) is 5.75 Å². The fourth-order valence-corrected chi connectivity index (χ4v) is 1.68. The molecule has 18 heavy (non-hydrogen) atoms. The number of aryl methyl sites for hydroxylation is 2. The second-order valence-corrected chi connectivity index (χ2v) is 4.41. The number of hydrogen-bond donors (Lipinski definition) is 1. The highest BCUT2D eigenvalue weighted by atomic mass is 16.6. The van der Waals surface area contributed by atoms with E-state index in [0.29, 0.717) is 12.3 Å². The van der Waals surface area contributed by atoms with Gasteiger partial charge in [0.15, 0.2) is 0 Å². The second-order valence-electron chi connectivity index (χ2n) is 4.41. The third kappa shape index (κ3) is 2.68. The fraction of sp³-hybridized carbons (Fsp3) is 0.385. The van der Waals surface area contributed by atoms with Crippen LogP contribution in [-0.2, 0) is 6.61 Å². The SMILES string of the molecule is Cc1ccc(OCc2nonc2C)c([C@@H](C)N)c1. The molecular formula is C13H17N3O2. The standard InChI is InChI=1S/C13H17N3O2/c1-8-4-5-13(11(6-8)9(2)14)17-7-12-10(3)15-18-16-12/h4-6,9H,7,14H2,1-3H3/t9-/m1/s1. The van der Waals surface area contributed by atoms with Gasteiger partial charge in [-0.25, -0.2) is 4.63 Å². The smallest absolute Gasteiger partial charge is 0.145 e. The zero-order valence-electron chi connectivity index (χ0n) is 10.8. The summed E-state index contributed by atoms with van der Waals surface area (Å²) < 4.78 is 10.4. The van der Waals surface area contributed by atoms with Crippen LogP contribution < -0.4 is 10.5 Å². The molecule has 0 amide bonds. The lowest BCUT2D eigenvalue weighted by Gasteiger charge is -2.14. The molecule has 5 heteroatoms. The first-order valence-corrected chi connectivity index (χ1v) is 5.85. The van der Waals surface area contributed by atoms with Gasteiger partial charge in [0.1, 0.15) is 23.7 Å². The average Bonchev–Trinajstić information content (AvgIpc) is 2.73. The average molecular weight is 247 g/mol. The van der Waals surface area contributed by atoms with E-state index in [4.69, 9.17) is 10.5 Å². The highest BCUT2D eigenvalue weighted by Crippen LogP contribution is 2.25. The van der Waals surface area contributed by atoms with Crippen LogP contribution in [0, 0.1) is 13.8 Å². The first-order chi connectivity index (χ1) is 8.58. The van der Waals surface area contributed by atoms with E-state index in [1.165, 1.54) is 0 Å². The Balaban J connectivity index is 2.16. The molecule has 0 aliphatic rings. The van der Waals surface area contributed by atoms with Crippen molar-refractivity contribution in [3.63, 3.8) is 0 Å². The summed E-state index contributed by atoms with van der Waals surface area (Å²) in [4.78, 5) is 0. The zero-order valence-corrected chi connectivity index (χ0v) is 10.8. The van der Waals surface area contributed by atoms with E-state index in [0.717, 1.165) is 22.6 Å². The molecule has 0 saturated heterocycles. The normalized spacial score (nSPS) is 12.4. The van der Waals surface area contributed by atoms with Gasteiger partial charge in [0.2, 0.25) is 0 Å². The number of hydrogen-bond acceptors (Lipinski definition) is 5. The van der Waals surface area contributed by atoms with Gasteiger partial charge in [0.05, 0.1) is 0 Å². The molecule has 5 nitrogen and oxygen atoms in total. The van der Waals surface area contributed by atoms with Gasteiger partial charge < -0.3 is 10.5 Å². The maximum absolute atomic E-state index is 5.94. The summed E-state index contributed by atoms with van der Waals surface area (Å²) in [6.07, 6.45) is 0. The maximum Gasteiger partial charge on any atom is 0.145 e. The van der Waals surface area contributed by atoms with Crippen molar-refractivity contribution in [2.24, 2.45) is 5.73 Å². The molecule has 0 radical (unpaired) electrons. The Morgan fingerprint density at radius 1 is 1.33 bits per heavy atom. The van der Waals surface area contributed by atoms with Gasteiger partial charge >= 0.3 is 0 Å². The van der Waals surface area contributed by atoms with E-state index in [9.17, 15) is 0 Å². The molecule has 1 aromatic carbocycles. The van der Waals surface area contributed by atoms with Crippen molar-refractivity contribution in [1.29, 1.82) is 0 Å². The summed E-state index contributed by atoms with van der Waals surface area (Å²) in [6.45, 7) is 6.13. The predicted molar refractivity (Wildman–Crippen MR) is 67.1 cm³/mol. The summed E-state index contributed by atoms with van der Waals surface area (Å²) in [6, 6.07) is 5.89. The van der Waals surface area contributed by atoms with E-state index in [1.807, 2.05) is 39.0 Å². The molecule has 1 heterocycles. The summed E-state index contributed by atoms with van der Waals surface area (Å²) in [5.74, 6) is 0.776. The lowest BCUT2D eigenvalue weighted by molar-refractivity contribution is 0.268. The molecule has 1 aromatic heterocycles. The summed E-state index contributed by atoms with van der Waals surface area (Å²) >= 11 is 0. The van der Waals surface area contributed by atoms with Crippen LogP contribution >= 0.6 is 0 Å². The number of nitrogens with zero attached hydrogens (tertiary/aromatic N) is 2. The van der Waals surface area contributed by atoms with Crippen molar-refractivity contribution in [1.82, 2.24) is 10.3 Å². The lowest BCUT2D eigenvalue weighted by Crippen LogP contribution is -2.08. The molecule has 0 fully saturated rings. The number of rotatable bonds is 4. The molecule has 0 saturated carbocycles. The summed E-state index contributed by atoms with van der Waals surface area (Å²) in [5, 5.41) is 7.49. The van der Waals surface area contributed by atoms with Crippen LogP contribution in [0.2, 0.25) is 0 Å². The molecule has 2 N–H and O–H groups in total. The second kappa shape index (κ2) is 5.18. The van der Waals surface area contributed by atoms with E-state index < -0.39 is 0 Å². The molecule has 96 valence electrons. The molecule has 2 rings (SSSR count). The Kier molecular flexibility index (Phi) is 3.62. The monoisotopic (exact) mass is 247 g/mol. The number of ether oxygens (including phenoxy) is 1. The van der Waals surface area contributed by atoms with Crippen molar-refractivity contribution in [3.8, 4) is 5.75 Å². The molecule has 1 atom stereocenters. The van der Waals surface area contributed by atoms with Gasteiger partial charge in [-0.1, -0.05) is 28.0 Å². The van der Waals surface area contributed by atoms with Crippen molar-refractivity contribution in [2.45, 2.75) is 33.4 Å². The molecule has 0 spiro atoms. The van der Waals surface area contributed by atoms with Crippen LogP contribution in [0.4, 0.5) is 0 Å². The van der Waals surface area contributed by atoms with E-state index >= 15 is 0 Å². The van der Waals surface area contributed by atoms with Gasteiger partial charge in [-0.05, 0) is 26.8 Å². The van der Waals surface area contributed by atoms with Gasteiger partial charge in [-0.3, -0.25) is 0 Å². The minimum absolute atomic E-state index is 0.0727. The van der Waals surface area contributed by atoms with Crippen LogP contribution in [0.3, 0.4) is 0 Å². The van der Waals surface area contributed by atoms with Gasteiger partial charge in [0, 0.05) is 11.6 Å². The Bertz CT molecular complexity index is 535. The number of nitrogens with two attached hydrogens (primary N) is 1. The third-order valence-electron chi connectivity index (χ3n) is 2.77. The van der Waals surface area contributed by atoms with Crippen LogP contribution in [0.25, 0.3) is 0 Å². The first-order valence-electron chi connectivity index (χ1n) is 5.85. The highest BCUT2D eigenvalue weighted by molar-refractivity contribution is 5.38. The fourth-order valence-electron chi connectivity index (χ4n) is 1.68. The van der Waals surface area contributed by atoms with Gasteiger partial charge in [0.25, 0.3) is 0 Å². The molecule has 0 aliphatic carbocycles. The molecule has 0 bridgehead atoms. The zero-order chi connectivity index (χ0) is 13.1. The Morgan fingerprint density at radius 2 is 2.11 bits per heavy atom. The Labute approximate surface area is 106 Å². The van der Waals surface area contributed by atoms with Crippen molar-refractivity contribution in [3.05, 3.63) is 40.7 Å². The van der Waals surface area contributed by atoms with E-state index in [-0.39, 0.29) is 6.04 Å². The predicted octanol–water partition coefficient (Wildman–Crippen LogP) is 2.29. The van der Waals surface area contributed by atoms with Crippen LogP contribution in [-0.4, -0.2) is 10.3 Å². The van der Waals surface area contributed by atoms with Crippen LogP contribution in [0.1, 0.15) is 35.5 Å². The Hall–Kier alpha value is -1.88. The quantitative estimate of drug-likeness (QED) is 0.897. The van der Waals surface area contributed by atoms with E-state index in [1.54, 1.807) is 0 Å². The minimum Gasteiger partial charge on any atom is -0.487 e. The summed E-state index contributed by atoms with van der Waals surface area (Å²) in [5.41, 5.74) is 9.53. The minimum atomic E-state index is -0.0727. The van der Waals surface area contributed by atoms with Gasteiger partial charge in [-0.2, -0.15) is 0 Å². The topological polar surface area (TPSA) is 74.2 Å². The number of benzene rings is 1. The van der Waals surface area contributed by atoms with E-state index in [2.05, 4.69) is 14.9 Å². The van der Waals surface area contributed by atoms with Crippen molar-refractivity contribution < 1.29 is 9.37 Å². The van der Waals surface area contributed by atoms with Crippen molar-refractivity contribution in [2.75, 3.05) is 0 Å². The molecule has 2 aromatic rings. The lowest BCUT2D eigenvalue weighted by atomic mass is 10.1. The Morgan fingerprint density at radius 3 is 2.72 bits per heavy atom. The molecular weight excluding hydrogens is 230 g/mol. The molecule has 0 aliphatic heterocycles. The summed E-state index contributed by atoms with van der Waals surface area (Å²) in [7, 11) is 0. The van der Waals surface area contributed by atoms with Gasteiger partial charge in [-0.15, -0.1) is 0 Å². The number of aromatic nitrogens is 2. The van der Waals surface area contributed by atoms with Crippen molar-refractivity contribution >= 4 is 0 Å². The first kappa shape index (κ1) is 12.6. The maximum atomic E-state index is 5.94. The largest absolute Gasteiger partial charge is 0.487 e. The van der Waals surface area contributed by atoms with Crippen LogP contribution in [0.15, 0.2) is 22.8 Å².